The monoisotopic (exact) mass is 163 g/mol. The highest BCUT2D eigenvalue weighted by atomic mass is 15.1. The fourth-order valence-corrected chi connectivity index (χ4v) is 1.53. The van der Waals surface area contributed by atoms with E-state index in [-0.39, 0.29) is 5.41 Å². The molecule has 0 amide bonds. The molecule has 0 atom stereocenters. The maximum Gasteiger partial charge on any atom is 0.0728 e. The summed E-state index contributed by atoms with van der Waals surface area (Å²) in [7, 11) is 2.05. The van der Waals surface area contributed by atoms with Crippen molar-refractivity contribution in [1.82, 2.24) is 4.90 Å². The van der Waals surface area contributed by atoms with Gasteiger partial charge in [-0.3, -0.25) is 0 Å². The number of hydrogen-bond donors (Lipinski definition) is 0. The average molecular weight is 163 g/mol. The molecule has 1 aliphatic heterocycles. The Balaban J connectivity index is 2.60. The molecule has 1 heterocycles. The van der Waals surface area contributed by atoms with Gasteiger partial charge in [0.25, 0.3) is 0 Å². The van der Waals surface area contributed by atoms with Crippen molar-refractivity contribution in [1.29, 1.82) is 10.5 Å². The Kier molecular flexibility index (Phi) is 2.68. The van der Waals surface area contributed by atoms with Crippen LogP contribution in [0.3, 0.4) is 0 Å². The summed E-state index contributed by atoms with van der Waals surface area (Å²) < 4.78 is 0. The summed E-state index contributed by atoms with van der Waals surface area (Å²) in [6, 6.07) is 4.39. The van der Waals surface area contributed by atoms with Crippen molar-refractivity contribution in [2.75, 3.05) is 20.1 Å². The third kappa shape index (κ3) is 1.75. The second-order valence-electron chi connectivity index (χ2n) is 3.53. The number of nitriles is 2. The molecule has 1 saturated heterocycles. The van der Waals surface area contributed by atoms with Crippen LogP contribution in [0.4, 0.5) is 0 Å². The van der Waals surface area contributed by atoms with E-state index in [2.05, 4.69) is 17.0 Å². The lowest BCUT2D eigenvalue weighted by Gasteiger charge is -2.33. The summed E-state index contributed by atoms with van der Waals surface area (Å²) in [5, 5.41) is 17.5. The Labute approximate surface area is 73.2 Å². The van der Waals surface area contributed by atoms with Gasteiger partial charge < -0.3 is 4.90 Å². The van der Waals surface area contributed by atoms with E-state index in [0.29, 0.717) is 6.42 Å². The molecule has 0 N–H and O–H groups in total. The summed E-state index contributed by atoms with van der Waals surface area (Å²) in [5.41, 5.74) is -0.346. The Hall–Kier alpha value is -1.06. The summed E-state index contributed by atoms with van der Waals surface area (Å²) in [5.74, 6) is 0. The van der Waals surface area contributed by atoms with Gasteiger partial charge in [-0.1, -0.05) is 0 Å². The molecule has 12 heavy (non-hydrogen) atoms. The van der Waals surface area contributed by atoms with Crippen LogP contribution < -0.4 is 0 Å². The van der Waals surface area contributed by atoms with Gasteiger partial charge in [-0.05, 0) is 33.0 Å². The van der Waals surface area contributed by atoms with E-state index in [9.17, 15) is 0 Å². The topological polar surface area (TPSA) is 50.8 Å². The van der Waals surface area contributed by atoms with Gasteiger partial charge in [-0.2, -0.15) is 10.5 Å². The van der Waals surface area contributed by atoms with Crippen LogP contribution in [0.5, 0.6) is 0 Å². The first-order chi connectivity index (χ1) is 5.72. The minimum atomic E-state index is -0.346. The van der Waals surface area contributed by atoms with Crippen molar-refractivity contribution < 1.29 is 0 Å². The van der Waals surface area contributed by atoms with Gasteiger partial charge in [0.05, 0.1) is 24.0 Å². The lowest BCUT2D eigenvalue weighted by Crippen LogP contribution is -2.36. The van der Waals surface area contributed by atoms with Crippen molar-refractivity contribution in [3.8, 4) is 12.1 Å². The quantitative estimate of drug-likeness (QED) is 0.582. The summed E-state index contributed by atoms with van der Waals surface area (Å²) >= 11 is 0. The molecule has 1 fully saturated rings. The first kappa shape index (κ1) is 9.03. The molecule has 1 rings (SSSR count). The molecule has 0 spiro atoms. The van der Waals surface area contributed by atoms with E-state index in [0.717, 1.165) is 25.9 Å². The van der Waals surface area contributed by atoms with Crippen molar-refractivity contribution >= 4 is 0 Å². The van der Waals surface area contributed by atoms with Gasteiger partial charge in [0.1, 0.15) is 0 Å². The molecule has 0 radical (unpaired) electrons. The molecule has 0 aromatic heterocycles. The van der Waals surface area contributed by atoms with Crippen LogP contribution in [0, 0.1) is 28.1 Å². The number of rotatable bonds is 1. The SMILES string of the molecule is CN1CCC(C#N)(CC#N)CC1. The second kappa shape index (κ2) is 3.56. The van der Waals surface area contributed by atoms with Crippen LogP contribution in [0.1, 0.15) is 19.3 Å². The fourth-order valence-electron chi connectivity index (χ4n) is 1.53. The lowest BCUT2D eigenvalue weighted by atomic mass is 9.77. The molecular weight excluding hydrogens is 150 g/mol. The van der Waals surface area contributed by atoms with Crippen LogP contribution in [-0.2, 0) is 0 Å². The molecule has 1 aliphatic rings. The van der Waals surface area contributed by atoms with Gasteiger partial charge in [-0.15, -0.1) is 0 Å². The highest BCUT2D eigenvalue weighted by Crippen LogP contribution is 2.33. The lowest BCUT2D eigenvalue weighted by molar-refractivity contribution is 0.174. The van der Waals surface area contributed by atoms with Crippen molar-refractivity contribution in [2.45, 2.75) is 19.3 Å². The molecule has 3 heteroatoms. The van der Waals surface area contributed by atoms with Gasteiger partial charge >= 0.3 is 0 Å². The minimum Gasteiger partial charge on any atom is -0.306 e. The van der Waals surface area contributed by atoms with Gasteiger partial charge in [0.15, 0.2) is 0 Å². The molecule has 0 aliphatic carbocycles. The Morgan fingerprint density at radius 1 is 1.33 bits per heavy atom. The molecule has 3 nitrogen and oxygen atoms in total. The molecular formula is C9H13N3. The fraction of sp³-hybridized carbons (Fsp3) is 0.778. The summed E-state index contributed by atoms with van der Waals surface area (Å²) in [6.07, 6.45) is 2.07. The third-order valence-corrected chi connectivity index (χ3v) is 2.60. The molecule has 64 valence electrons. The van der Waals surface area contributed by atoms with E-state index in [1.165, 1.54) is 0 Å². The minimum absolute atomic E-state index is 0.346. The Bertz CT molecular complexity index is 225. The normalized spacial score (nSPS) is 22.6. The van der Waals surface area contributed by atoms with E-state index in [1.54, 1.807) is 0 Å². The van der Waals surface area contributed by atoms with Crippen LogP contribution in [-0.4, -0.2) is 25.0 Å². The maximum atomic E-state index is 8.94. The first-order valence-electron chi connectivity index (χ1n) is 4.19. The summed E-state index contributed by atoms with van der Waals surface area (Å²) in [4.78, 5) is 2.20. The van der Waals surface area contributed by atoms with Crippen LogP contribution in [0.2, 0.25) is 0 Å². The highest BCUT2D eigenvalue weighted by Gasteiger charge is 2.33. The largest absolute Gasteiger partial charge is 0.306 e. The van der Waals surface area contributed by atoms with Crippen LogP contribution >= 0.6 is 0 Å². The first-order valence-corrected chi connectivity index (χ1v) is 4.19. The number of piperidine rings is 1. The molecule has 0 aromatic carbocycles. The highest BCUT2D eigenvalue weighted by molar-refractivity contribution is 5.05. The molecule has 0 aromatic rings. The summed E-state index contributed by atoms with van der Waals surface area (Å²) in [6.45, 7) is 1.88. The number of likely N-dealkylation sites (tertiary alicyclic amines) is 1. The predicted octanol–water partition coefficient (Wildman–Crippen LogP) is 1.14. The van der Waals surface area contributed by atoms with Gasteiger partial charge in [0, 0.05) is 0 Å². The van der Waals surface area contributed by atoms with Gasteiger partial charge in [0.2, 0.25) is 0 Å². The molecule has 0 unspecified atom stereocenters. The number of nitrogens with zero attached hydrogens (tertiary/aromatic N) is 3. The van der Waals surface area contributed by atoms with Gasteiger partial charge in [-0.25, -0.2) is 0 Å². The maximum absolute atomic E-state index is 8.94. The predicted molar refractivity (Wildman–Crippen MR) is 45.0 cm³/mol. The zero-order valence-electron chi connectivity index (χ0n) is 7.38. The van der Waals surface area contributed by atoms with Crippen molar-refractivity contribution in [3.63, 3.8) is 0 Å². The van der Waals surface area contributed by atoms with Crippen molar-refractivity contribution in [2.24, 2.45) is 5.41 Å². The zero-order chi connectivity index (χ0) is 9.03. The smallest absolute Gasteiger partial charge is 0.0728 e. The number of hydrogen-bond acceptors (Lipinski definition) is 3. The molecule has 0 bridgehead atoms. The standard InChI is InChI=1S/C9H13N3/c1-12-6-3-9(8-11,2-5-10)4-7-12/h2-4,6-7H2,1H3. The average Bonchev–Trinajstić information content (AvgIpc) is 2.10. The zero-order valence-corrected chi connectivity index (χ0v) is 7.38. The van der Waals surface area contributed by atoms with Crippen LogP contribution in [0.15, 0.2) is 0 Å². The van der Waals surface area contributed by atoms with Crippen LogP contribution in [0.25, 0.3) is 0 Å². The second-order valence-corrected chi connectivity index (χ2v) is 3.53. The molecule has 0 saturated carbocycles. The Morgan fingerprint density at radius 2 is 1.92 bits per heavy atom. The Morgan fingerprint density at radius 3 is 2.33 bits per heavy atom. The van der Waals surface area contributed by atoms with E-state index >= 15 is 0 Å². The van der Waals surface area contributed by atoms with Crippen molar-refractivity contribution in [3.05, 3.63) is 0 Å². The third-order valence-electron chi connectivity index (χ3n) is 2.60. The van der Waals surface area contributed by atoms with E-state index < -0.39 is 0 Å². The van der Waals surface area contributed by atoms with E-state index in [1.807, 2.05) is 7.05 Å². The van der Waals surface area contributed by atoms with E-state index in [4.69, 9.17) is 10.5 Å².